The maximum Gasteiger partial charge on any atom is 0.228 e. The Morgan fingerprint density at radius 3 is 2.16 bits per heavy atom. The Morgan fingerprint density at radius 1 is 0.960 bits per heavy atom. The van der Waals surface area contributed by atoms with Crippen molar-refractivity contribution in [3.63, 3.8) is 0 Å². The lowest BCUT2D eigenvalue weighted by molar-refractivity contribution is -0.160. The summed E-state index contributed by atoms with van der Waals surface area (Å²) in [5.41, 5.74) is 1.35. The van der Waals surface area contributed by atoms with E-state index in [1.54, 1.807) is 0 Å². The zero-order valence-corrected chi connectivity index (χ0v) is 15.4. The Balaban J connectivity index is 1.37. The molecule has 0 aromatic heterocycles. The molecule has 1 atom stereocenters. The predicted molar refractivity (Wildman–Crippen MR) is 99.0 cm³/mol. The summed E-state index contributed by atoms with van der Waals surface area (Å²) in [5.74, 6) is 3.02. The number of rotatable bonds is 2. The molecular weight excluding hydrogens is 308 g/mol. The molecule has 4 aliphatic carbocycles. The van der Waals surface area contributed by atoms with E-state index in [0.717, 1.165) is 37.4 Å². The molecule has 1 aromatic carbocycles. The molecule has 1 unspecified atom stereocenters. The molecule has 1 aliphatic heterocycles. The smallest absolute Gasteiger partial charge is 0.228 e. The summed E-state index contributed by atoms with van der Waals surface area (Å²) in [6.07, 6.45) is 7.76. The summed E-state index contributed by atoms with van der Waals surface area (Å²) in [6.45, 7) is 2.75. The summed E-state index contributed by atoms with van der Waals surface area (Å²) in [6, 6.07) is 11.1. The van der Waals surface area contributed by atoms with Crippen molar-refractivity contribution in [2.45, 2.75) is 44.6 Å². The van der Waals surface area contributed by atoms with Gasteiger partial charge in [0.15, 0.2) is 0 Å². The standard InChI is InChI=1S/C22H30N2O/c1-23-7-8-24(15-20(23)19-5-3-2-4-6-19)21(25)22-12-16-9-17(13-22)11-18(10-16)14-22/h2-6,16-18,20H,7-15H2,1H3. The molecule has 1 aromatic rings. The zero-order chi connectivity index (χ0) is 17.0. The van der Waals surface area contributed by atoms with E-state index < -0.39 is 0 Å². The van der Waals surface area contributed by atoms with Crippen LogP contribution in [-0.4, -0.2) is 42.4 Å². The average molecular weight is 338 g/mol. The van der Waals surface area contributed by atoms with Crippen molar-refractivity contribution in [2.24, 2.45) is 23.2 Å². The van der Waals surface area contributed by atoms with Crippen LogP contribution in [0.2, 0.25) is 0 Å². The molecule has 5 fully saturated rings. The second-order valence-corrected chi connectivity index (χ2v) is 9.36. The van der Waals surface area contributed by atoms with Crippen molar-refractivity contribution in [3.05, 3.63) is 35.9 Å². The molecule has 1 heterocycles. The number of hydrogen-bond acceptors (Lipinski definition) is 2. The SMILES string of the molecule is CN1CCN(C(=O)C23CC4CC(CC(C4)C2)C3)CC1c1ccccc1. The van der Waals surface area contributed by atoms with Crippen molar-refractivity contribution in [2.75, 3.05) is 26.7 Å². The zero-order valence-electron chi connectivity index (χ0n) is 15.4. The first-order valence-corrected chi connectivity index (χ1v) is 10.2. The summed E-state index contributed by atoms with van der Waals surface area (Å²) < 4.78 is 0. The van der Waals surface area contributed by atoms with Gasteiger partial charge in [0.2, 0.25) is 5.91 Å². The molecule has 0 spiro atoms. The van der Waals surface area contributed by atoms with Gasteiger partial charge < -0.3 is 4.90 Å². The average Bonchev–Trinajstić information content (AvgIpc) is 2.61. The lowest BCUT2D eigenvalue weighted by Gasteiger charge is -2.57. The largest absolute Gasteiger partial charge is 0.339 e. The van der Waals surface area contributed by atoms with Gasteiger partial charge in [-0.15, -0.1) is 0 Å². The van der Waals surface area contributed by atoms with Gasteiger partial charge >= 0.3 is 0 Å². The predicted octanol–water partition coefficient (Wildman–Crippen LogP) is 3.72. The van der Waals surface area contributed by atoms with Gasteiger partial charge in [0.05, 0.1) is 11.5 Å². The molecule has 134 valence electrons. The van der Waals surface area contributed by atoms with Gasteiger partial charge in [-0.25, -0.2) is 0 Å². The molecule has 0 N–H and O–H groups in total. The maximum atomic E-state index is 13.6. The maximum absolute atomic E-state index is 13.6. The van der Waals surface area contributed by atoms with Crippen LogP contribution in [0.5, 0.6) is 0 Å². The highest BCUT2D eigenvalue weighted by Gasteiger charge is 2.55. The van der Waals surface area contributed by atoms with Crippen LogP contribution in [0.4, 0.5) is 0 Å². The van der Waals surface area contributed by atoms with Gasteiger partial charge in [-0.3, -0.25) is 9.69 Å². The van der Waals surface area contributed by atoms with E-state index in [9.17, 15) is 4.79 Å². The minimum Gasteiger partial charge on any atom is -0.339 e. The van der Waals surface area contributed by atoms with E-state index >= 15 is 0 Å². The van der Waals surface area contributed by atoms with Gasteiger partial charge in [-0.2, -0.15) is 0 Å². The third-order valence-electron chi connectivity index (χ3n) is 7.61. The van der Waals surface area contributed by atoms with Crippen molar-refractivity contribution in [1.82, 2.24) is 9.80 Å². The first kappa shape index (κ1) is 15.9. The first-order valence-electron chi connectivity index (χ1n) is 10.2. The minimum absolute atomic E-state index is 0.00585. The molecule has 4 bridgehead atoms. The van der Waals surface area contributed by atoms with E-state index in [4.69, 9.17) is 0 Å². The highest BCUT2D eigenvalue weighted by Crippen LogP contribution is 2.60. The summed E-state index contributed by atoms with van der Waals surface area (Å²) in [4.78, 5) is 18.3. The number of benzene rings is 1. The minimum atomic E-state index is 0.00585. The van der Waals surface area contributed by atoms with E-state index in [0.29, 0.717) is 11.9 Å². The topological polar surface area (TPSA) is 23.6 Å². The highest BCUT2D eigenvalue weighted by atomic mass is 16.2. The lowest BCUT2D eigenvalue weighted by atomic mass is 9.49. The molecule has 4 saturated carbocycles. The van der Waals surface area contributed by atoms with Crippen LogP contribution >= 0.6 is 0 Å². The molecule has 5 aliphatic rings. The Morgan fingerprint density at radius 2 is 1.56 bits per heavy atom. The van der Waals surface area contributed by atoms with Crippen LogP contribution < -0.4 is 0 Å². The van der Waals surface area contributed by atoms with E-state index in [2.05, 4.69) is 47.2 Å². The second kappa shape index (κ2) is 5.84. The van der Waals surface area contributed by atoms with E-state index in [1.807, 2.05) is 0 Å². The molecule has 1 amide bonds. The van der Waals surface area contributed by atoms with Crippen LogP contribution in [0.3, 0.4) is 0 Å². The van der Waals surface area contributed by atoms with Gasteiger partial charge in [0.25, 0.3) is 0 Å². The number of carbonyl (C=O) groups excluding carboxylic acids is 1. The van der Waals surface area contributed by atoms with E-state index in [1.165, 1.54) is 44.1 Å². The van der Waals surface area contributed by atoms with Gasteiger partial charge in [0.1, 0.15) is 0 Å². The summed E-state index contributed by atoms with van der Waals surface area (Å²) in [5, 5.41) is 0. The molecule has 25 heavy (non-hydrogen) atoms. The molecule has 3 nitrogen and oxygen atoms in total. The normalized spacial score (nSPS) is 40.4. The number of hydrogen-bond donors (Lipinski definition) is 0. The fourth-order valence-electron chi connectivity index (χ4n) is 6.80. The third-order valence-corrected chi connectivity index (χ3v) is 7.61. The number of nitrogens with zero attached hydrogens (tertiary/aromatic N) is 2. The van der Waals surface area contributed by atoms with Crippen LogP contribution in [-0.2, 0) is 4.79 Å². The fraction of sp³-hybridized carbons (Fsp3) is 0.682. The quantitative estimate of drug-likeness (QED) is 0.820. The lowest BCUT2D eigenvalue weighted by Crippen LogP contribution is -2.58. The Labute approximate surface area is 151 Å². The highest BCUT2D eigenvalue weighted by molar-refractivity contribution is 5.83. The molecule has 1 saturated heterocycles. The van der Waals surface area contributed by atoms with E-state index in [-0.39, 0.29) is 5.41 Å². The van der Waals surface area contributed by atoms with Crippen LogP contribution in [0.25, 0.3) is 0 Å². The first-order chi connectivity index (χ1) is 12.1. The van der Waals surface area contributed by atoms with Gasteiger partial charge in [-0.05, 0) is 68.9 Å². The number of amides is 1. The van der Waals surface area contributed by atoms with Crippen molar-refractivity contribution in [3.8, 4) is 0 Å². The van der Waals surface area contributed by atoms with Crippen LogP contribution in [0.15, 0.2) is 30.3 Å². The summed E-state index contributed by atoms with van der Waals surface area (Å²) >= 11 is 0. The van der Waals surface area contributed by atoms with Crippen molar-refractivity contribution >= 4 is 5.91 Å². The Kier molecular flexibility index (Phi) is 3.70. The third kappa shape index (κ3) is 2.63. The molecule has 6 rings (SSSR count). The molecule has 3 heteroatoms. The second-order valence-electron chi connectivity index (χ2n) is 9.36. The molecule has 0 radical (unpaired) electrons. The number of piperazine rings is 1. The van der Waals surface area contributed by atoms with Gasteiger partial charge in [-0.1, -0.05) is 30.3 Å². The van der Waals surface area contributed by atoms with Crippen molar-refractivity contribution in [1.29, 1.82) is 0 Å². The summed E-state index contributed by atoms with van der Waals surface area (Å²) in [7, 11) is 2.20. The molecular formula is C22H30N2O. The fourth-order valence-corrected chi connectivity index (χ4v) is 6.80. The number of likely N-dealkylation sites (N-methyl/N-ethyl adjacent to an activating group) is 1. The Bertz CT molecular complexity index is 620. The van der Waals surface area contributed by atoms with Crippen molar-refractivity contribution < 1.29 is 4.79 Å². The van der Waals surface area contributed by atoms with Gasteiger partial charge in [0, 0.05) is 19.6 Å². The number of carbonyl (C=O) groups is 1. The van der Waals surface area contributed by atoms with Crippen LogP contribution in [0.1, 0.15) is 50.1 Å². The van der Waals surface area contributed by atoms with Crippen LogP contribution in [0, 0.1) is 23.2 Å². The Hall–Kier alpha value is -1.35. The monoisotopic (exact) mass is 338 g/mol.